The Labute approximate surface area is 105 Å². The molecular formula is C12H18N4S. The number of nitrogens with two attached hydrogens (primary N) is 1. The van der Waals surface area contributed by atoms with Crippen LogP contribution >= 0.6 is 11.3 Å². The Morgan fingerprint density at radius 1 is 1.41 bits per heavy atom. The van der Waals surface area contributed by atoms with Gasteiger partial charge in [0, 0.05) is 16.9 Å². The van der Waals surface area contributed by atoms with Crippen molar-refractivity contribution in [1.82, 2.24) is 14.8 Å². The minimum Gasteiger partial charge on any atom is -0.384 e. The molecule has 2 rings (SSSR count). The van der Waals surface area contributed by atoms with Gasteiger partial charge in [0.1, 0.15) is 5.82 Å². The van der Waals surface area contributed by atoms with Crippen LogP contribution in [-0.4, -0.2) is 14.8 Å². The molecular weight excluding hydrogens is 232 g/mol. The van der Waals surface area contributed by atoms with E-state index in [1.807, 2.05) is 13.0 Å². The van der Waals surface area contributed by atoms with E-state index in [-0.39, 0.29) is 5.41 Å². The van der Waals surface area contributed by atoms with E-state index in [4.69, 9.17) is 5.73 Å². The Hall–Kier alpha value is -1.36. The van der Waals surface area contributed by atoms with Crippen molar-refractivity contribution in [3.63, 3.8) is 0 Å². The summed E-state index contributed by atoms with van der Waals surface area (Å²) in [6.45, 7) is 9.09. The summed E-state index contributed by atoms with van der Waals surface area (Å²) in [5.41, 5.74) is 7.93. The van der Waals surface area contributed by atoms with E-state index in [9.17, 15) is 0 Å². The largest absolute Gasteiger partial charge is 0.384 e. The van der Waals surface area contributed by atoms with Crippen molar-refractivity contribution in [2.45, 2.75) is 39.7 Å². The summed E-state index contributed by atoms with van der Waals surface area (Å²) in [5, 5.41) is 7.56. The zero-order valence-electron chi connectivity index (χ0n) is 10.7. The van der Waals surface area contributed by atoms with E-state index in [1.54, 1.807) is 16.0 Å². The van der Waals surface area contributed by atoms with Crippen LogP contribution in [0.15, 0.2) is 11.4 Å². The van der Waals surface area contributed by atoms with Gasteiger partial charge < -0.3 is 5.73 Å². The summed E-state index contributed by atoms with van der Waals surface area (Å²) in [6.07, 6.45) is 0. The van der Waals surface area contributed by atoms with E-state index < -0.39 is 0 Å². The molecule has 2 aromatic rings. The Morgan fingerprint density at radius 3 is 2.59 bits per heavy atom. The minimum atomic E-state index is 0.106. The van der Waals surface area contributed by atoms with Crippen molar-refractivity contribution in [3.8, 4) is 0 Å². The molecule has 4 nitrogen and oxygen atoms in total. The average Bonchev–Trinajstić information content (AvgIpc) is 2.74. The fraction of sp³-hybridized carbons (Fsp3) is 0.500. The second-order valence-electron chi connectivity index (χ2n) is 5.26. The van der Waals surface area contributed by atoms with Crippen LogP contribution in [0.4, 0.5) is 5.82 Å². The lowest BCUT2D eigenvalue weighted by atomic mass is 9.98. The molecule has 0 aliphatic carbocycles. The molecule has 0 unspecified atom stereocenters. The fourth-order valence-electron chi connectivity index (χ4n) is 1.57. The van der Waals surface area contributed by atoms with Crippen LogP contribution in [0.1, 0.15) is 37.2 Å². The maximum atomic E-state index is 5.86. The Bertz CT molecular complexity index is 519. The summed E-state index contributed by atoms with van der Waals surface area (Å²) in [5.74, 6) is 0.688. The van der Waals surface area contributed by atoms with Gasteiger partial charge in [-0.15, -0.1) is 11.3 Å². The Morgan fingerprint density at radius 2 is 2.12 bits per heavy atom. The quantitative estimate of drug-likeness (QED) is 0.891. The van der Waals surface area contributed by atoms with Crippen molar-refractivity contribution in [3.05, 3.63) is 27.8 Å². The van der Waals surface area contributed by atoms with Crippen molar-refractivity contribution >= 4 is 17.2 Å². The van der Waals surface area contributed by atoms with Gasteiger partial charge in [-0.2, -0.15) is 5.10 Å². The van der Waals surface area contributed by atoms with Crippen LogP contribution in [0.25, 0.3) is 0 Å². The maximum absolute atomic E-state index is 5.86. The molecule has 0 saturated carbocycles. The van der Waals surface area contributed by atoms with E-state index in [2.05, 4.69) is 36.2 Å². The van der Waals surface area contributed by atoms with Gasteiger partial charge in [-0.05, 0) is 6.92 Å². The number of thiazole rings is 1. The zero-order valence-corrected chi connectivity index (χ0v) is 11.5. The van der Waals surface area contributed by atoms with Crippen LogP contribution in [0.3, 0.4) is 0 Å². The molecule has 92 valence electrons. The minimum absolute atomic E-state index is 0.106. The monoisotopic (exact) mass is 250 g/mol. The first-order valence-electron chi connectivity index (χ1n) is 5.61. The number of hydrogen-bond acceptors (Lipinski definition) is 4. The summed E-state index contributed by atoms with van der Waals surface area (Å²) < 4.78 is 1.79. The topological polar surface area (TPSA) is 56.7 Å². The van der Waals surface area contributed by atoms with Crippen molar-refractivity contribution in [2.75, 3.05) is 5.73 Å². The predicted octanol–water partition coefficient (Wildman–Crippen LogP) is 2.58. The van der Waals surface area contributed by atoms with Gasteiger partial charge in [-0.1, -0.05) is 20.8 Å². The van der Waals surface area contributed by atoms with E-state index in [1.165, 1.54) is 0 Å². The summed E-state index contributed by atoms with van der Waals surface area (Å²) >= 11 is 1.70. The van der Waals surface area contributed by atoms with Gasteiger partial charge in [-0.3, -0.25) is 0 Å². The second-order valence-corrected chi connectivity index (χ2v) is 6.12. The lowest BCUT2D eigenvalue weighted by Crippen LogP contribution is -2.11. The average molecular weight is 250 g/mol. The van der Waals surface area contributed by atoms with Crippen LogP contribution in [-0.2, 0) is 12.0 Å². The molecule has 0 aliphatic heterocycles. The molecule has 0 spiro atoms. The molecule has 0 atom stereocenters. The molecule has 2 heterocycles. The van der Waals surface area contributed by atoms with E-state index in [0.717, 1.165) is 16.4 Å². The third-order valence-electron chi connectivity index (χ3n) is 2.44. The highest BCUT2D eigenvalue weighted by Gasteiger charge is 2.18. The van der Waals surface area contributed by atoms with Crippen LogP contribution < -0.4 is 5.73 Å². The molecule has 0 aliphatic rings. The lowest BCUT2D eigenvalue weighted by molar-refractivity contribution is 0.579. The molecule has 17 heavy (non-hydrogen) atoms. The summed E-state index contributed by atoms with van der Waals surface area (Å²) in [4.78, 5) is 4.63. The first-order chi connectivity index (χ1) is 7.86. The van der Waals surface area contributed by atoms with Crippen molar-refractivity contribution in [1.29, 1.82) is 0 Å². The van der Waals surface area contributed by atoms with Crippen molar-refractivity contribution < 1.29 is 0 Å². The lowest BCUT2D eigenvalue weighted by Gasteiger charge is -2.13. The van der Waals surface area contributed by atoms with Crippen LogP contribution in [0.2, 0.25) is 0 Å². The van der Waals surface area contributed by atoms with Gasteiger partial charge in [0.05, 0.1) is 22.9 Å². The molecule has 0 amide bonds. The highest BCUT2D eigenvalue weighted by atomic mass is 32.1. The number of rotatable bonds is 2. The van der Waals surface area contributed by atoms with Gasteiger partial charge >= 0.3 is 0 Å². The number of aryl methyl sites for hydroxylation is 1. The highest BCUT2D eigenvalue weighted by Crippen LogP contribution is 2.26. The van der Waals surface area contributed by atoms with Gasteiger partial charge in [0.25, 0.3) is 0 Å². The van der Waals surface area contributed by atoms with Gasteiger partial charge in [-0.25, -0.2) is 9.67 Å². The third-order valence-corrected chi connectivity index (χ3v) is 3.76. The normalized spacial score (nSPS) is 12.0. The molecule has 2 aromatic heterocycles. The smallest absolute Gasteiger partial charge is 0.122 e. The summed E-state index contributed by atoms with van der Waals surface area (Å²) in [6, 6.07) is 1.87. The van der Waals surface area contributed by atoms with Crippen LogP contribution in [0.5, 0.6) is 0 Å². The third kappa shape index (κ3) is 2.66. The van der Waals surface area contributed by atoms with Crippen molar-refractivity contribution in [2.24, 2.45) is 0 Å². The SMILES string of the molecule is Cc1cc(N)n(Cc2csc(C(C)(C)C)n2)n1. The summed E-state index contributed by atoms with van der Waals surface area (Å²) in [7, 11) is 0. The first-order valence-corrected chi connectivity index (χ1v) is 6.49. The molecule has 0 saturated heterocycles. The molecule has 2 N–H and O–H groups in total. The number of hydrogen-bond donors (Lipinski definition) is 1. The zero-order chi connectivity index (χ0) is 12.6. The second kappa shape index (κ2) is 4.14. The van der Waals surface area contributed by atoms with Gasteiger partial charge in [0.15, 0.2) is 0 Å². The molecule has 0 aromatic carbocycles. The fourth-order valence-corrected chi connectivity index (χ4v) is 2.47. The Kier molecular flexibility index (Phi) is 2.95. The van der Waals surface area contributed by atoms with E-state index >= 15 is 0 Å². The molecule has 0 fully saturated rings. The number of aromatic nitrogens is 3. The van der Waals surface area contributed by atoms with E-state index in [0.29, 0.717) is 12.4 Å². The standard InChI is InChI=1S/C12H18N4S/c1-8-5-10(13)16(15-8)6-9-7-17-11(14-9)12(2,3)4/h5,7H,6,13H2,1-4H3. The molecule has 0 bridgehead atoms. The number of nitrogens with zero attached hydrogens (tertiary/aromatic N) is 3. The highest BCUT2D eigenvalue weighted by molar-refractivity contribution is 7.09. The number of anilines is 1. The Balaban J connectivity index is 2.20. The van der Waals surface area contributed by atoms with Gasteiger partial charge in [0.2, 0.25) is 0 Å². The predicted molar refractivity (Wildman–Crippen MR) is 71.3 cm³/mol. The van der Waals surface area contributed by atoms with Crippen LogP contribution in [0, 0.1) is 6.92 Å². The molecule has 0 radical (unpaired) electrons. The maximum Gasteiger partial charge on any atom is 0.122 e. The number of nitrogen functional groups attached to an aromatic ring is 1. The first kappa shape index (κ1) is 12.1. The molecule has 5 heteroatoms.